The van der Waals surface area contributed by atoms with Gasteiger partial charge in [-0.05, 0) is 62.3 Å². The van der Waals surface area contributed by atoms with Gasteiger partial charge in [-0.2, -0.15) is 0 Å². The quantitative estimate of drug-likeness (QED) is 0.889. The average Bonchev–Trinajstić information content (AvgIpc) is 3.31. The van der Waals surface area contributed by atoms with Gasteiger partial charge in [0.1, 0.15) is 0 Å². The highest BCUT2D eigenvalue weighted by Crippen LogP contribution is 2.33. The minimum Gasteiger partial charge on any atom is -0.339 e. The van der Waals surface area contributed by atoms with Crippen molar-refractivity contribution in [1.29, 1.82) is 0 Å². The summed E-state index contributed by atoms with van der Waals surface area (Å²) in [4.78, 5) is 26.8. The molecule has 3 unspecified atom stereocenters. The number of anilines is 1. The van der Waals surface area contributed by atoms with Crippen LogP contribution in [0, 0.1) is 5.92 Å². The molecule has 1 aromatic carbocycles. The average molecular weight is 341 g/mol. The van der Waals surface area contributed by atoms with Crippen LogP contribution >= 0.6 is 0 Å². The molecule has 134 valence electrons. The Morgan fingerprint density at radius 3 is 2.44 bits per heavy atom. The number of amides is 2. The van der Waals surface area contributed by atoms with Gasteiger partial charge in [0.05, 0.1) is 6.04 Å². The first-order chi connectivity index (χ1) is 12.2. The van der Waals surface area contributed by atoms with Crippen molar-refractivity contribution in [3.05, 3.63) is 29.8 Å². The van der Waals surface area contributed by atoms with E-state index in [0.717, 1.165) is 38.0 Å². The summed E-state index contributed by atoms with van der Waals surface area (Å²) in [5.74, 6) is 0.801. The van der Waals surface area contributed by atoms with E-state index in [9.17, 15) is 9.59 Å². The number of nitrogens with one attached hydrogen (secondary N) is 2. The molecule has 0 aromatic heterocycles. The van der Waals surface area contributed by atoms with Gasteiger partial charge in [0, 0.05) is 30.4 Å². The Labute approximate surface area is 149 Å². The molecule has 2 N–H and O–H groups in total. The maximum absolute atomic E-state index is 12.5. The summed E-state index contributed by atoms with van der Waals surface area (Å²) in [6.45, 7) is 1.71. The van der Waals surface area contributed by atoms with E-state index in [4.69, 9.17) is 0 Å². The molecule has 25 heavy (non-hydrogen) atoms. The summed E-state index contributed by atoms with van der Waals surface area (Å²) in [7, 11) is 0. The fourth-order valence-electron chi connectivity index (χ4n) is 4.55. The van der Waals surface area contributed by atoms with Crippen molar-refractivity contribution < 1.29 is 9.59 Å². The van der Waals surface area contributed by atoms with Gasteiger partial charge in [-0.3, -0.25) is 9.59 Å². The van der Waals surface area contributed by atoms with Crippen molar-refractivity contribution in [2.75, 3.05) is 18.4 Å². The van der Waals surface area contributed by atoms with Crippen LogP contribution < -0.4 is 10.6 Å². The predicted octanol–water partition coefficient (Wildman–Crippen LogP) is 2.78. The Kier molecular flexibility index (Phi) is 4.75. The summed E-state index contributed by atoms with van der Waals surface area (Å²) in [6.07, 6.45) is 8.14. The fourth-order valence-corrected chi connectivity index (χ4v) is 4.55. The van der Waals surface area contributed by atoms with Crippen LogP contribution in [0.5, 0.6) is 0 Å². The van der Waals surface area contributed by atoms with Crippen LogP contribution in [-0.4, -0.2) is 41.9 Å². The van der Waals surface area contributed by atoms with Gasteiger partial charge in [0.25, 0.3) is 5.91 Å². The lowest BCUT2D eigenvalue weighted by molar-refractivity contribution is -0.117. The van der Waals surface area contributed by atoms with Crippen LogP contribution in [0.4, 0.5) is 5.69 Å². The summed E-state index contributed by atoms with van der Waals surface area (Å²) < 4.78 is 0. The molecule has 0 spiro atoms. The zero-order valence-electron chi connectivity index (χ0n) is 14.7. The van der Waals surface area contributed by atoms with Gasteiger partial charge in [-0.25, -0.2) is 0 Å². The molecule has 4 rings (SSSR count). The molecule has 3 fully saturated rings. The molecule has 0 radical (unpaired) electrons. The van der Waals surface area contributed by atoms with Crippen molar-refractivity contribution in [3.63, 3.8) is 0 Å². The van der Waals surface area contributed by atoms with Crippen LogP contribution in [0.1, 0.15) is 55.3 Å². The van der Waals surface area contributed by atoms with Crippen molar-refractivity contribution in [1.82, 2.24) is 10.2 Å². The summed E-state index contributed by atoms with van der Waals surface area (Å²) >= 11 is 0. The number of likely N-dealkylation sites (tertiary alicyclic amines) is 1. The Bertz CT molecular complexity index is 623. The highest BCUT2D eigenvalue weighted by atomic mass is 16.2. The second-order valence-corrected chi connectivity index (χ2v) is 7.67. The molecule has 5 heteroatoms. The summed E-state index contributed by atoms with van der Waals surface area (Å²) in [5.41, 5.74) is 1.46. The van der Waals surface area contributed by atoms with E-state index in [0.29, 0.717) is 17.5 Å². The van der Waals surface area contributed by atoms with Crippen LogP contribution in [-0.2, 0) is 4.79 Å². The van der Waals surface area contributed by atoms with E-state index in [-0.39, 0.29) is 17.9 Å². The van der Waals surface area contributed by atoms with Crippen molar-refractivity contribution in [2.45, 2.75) is 57.0 Å². The second kappa shape index (κ2) is 7.16. The third kappa shape index (κ3) is 3.56. The molecule has 3 aliphatic rings. The van der Waals surface area contributed by atoms with E-state index in [1.54, 1.807) is 0 Å². The molecule has 2 saturated heterocycles. The van der Waals surface area contributed by atoms with Gasteiger partial charge in [0.2, 0.25) is 5.91 Å². The first-order valence-corrected chi connectivity index (χ1v) is 9.67. The van der Waals surface area contributed by atoms with Crippen LogP contribution in [0.2, 0.25) is 0 Å². The second-order valence-electron chi connectivity index (χ2n) is 7.67. The first kappa shape index (κ1) is 16.6. The number of hydrogen-bond donors (Lipinski definition) is 2. The van der Waals surface area contributed by atoms with Crippen LogP contribution in [0.25, 0.3) is 0 Å². The standard InChI is InChI=1S/C20H27N3O2/c24-19(18-13-15-5-1-2-6-17(15)22-18)21-16-9-7-14(8-10-16)20(25)23-11-3-4-12-23/h7-10,15,17-18,22H,1-6,11-13H2,(H,21,24). The van der Waals surface area contributed by atoms with Gasteiger partial charge < -0.3 is 15.5 Å². The summed E-state index contributed by atoms with van der Waals surface area (Å²) in [5, 5.41) is 6.51. The normalized spacial score (nSPS) is 28.6. The lowest BCUT2D eigenvalue weighted by atomic mass is 9.85. The Balaban J connectivity index is 1.34. The monoisotopic (exact) mass is 341 g/mol. The highest BCUT2D eigenvalue weighted by Gasteiger charge is 2.38. The number of benzene rings is 1. The zero-order valence-corrected chi connectivity index (χ0v) is 14.7. The Morgan fingerprint density at radius 2 is 1.72 bits per heavy atom. The minimum absolute atomic E-state index is 0.0491. The number of carbonyl (C=O) groups excluding carboxylic acids is 2. The van der Waals surface area contributed by atoms with E-state index < -0.39 is 0 Å². The molecular formula is C20H27N3O2. The molecule has 5 nitrogen and oxygen atoms in total. The lowest BCUT2D eigenvalue weighted by Crippen LogP contribution is -2.39. The maximum Gasteiger partial charge on any atom is 0.253 e. The van der Waals surface area contributed by atoms with Crippen LogP contribution in [0.15, 0.2) is 24.3 Å². The van der Waals surface area contributed by atoms with Crippen molar-refractivity contribution in [2.24, 2.45) is 5.92 Å². The zero-order chi connectivity index (χ0) is 17.2. The van der Waals surface area contributed by atoms with Gasteiger partial charge >= 0.3 is 0 Å². The fraction of sp³-hybridized carbons (Fsp3) is 0.600. The van der Waals surface area contributed by atoms with E-state index >= 15 is 0 Å². The molecule has 2 amide bonds. The molecule has 1 aromatic rings. The number of rotatable bonds is 3. The molecule has 1 aliphatic carbocycles. The molecular weight excluding hydrogens is 314 g/mol. The maximum atomic E-state index is 12.5. The molecule has 2 aliphatic heterocycles. The van der Waals surface area contributed by atoms with Gasteiger partial charge in [-0.1, -0.05) is 12.8 Å². The van der Waals surface area contributed by atoms with E-state index in [2.05, 4.69) is 10.6 Å². The van der Waals surface area contributed by atoms with E-state index in [1.807, 2.05) is 29.2 Å². The number of carbonyl (C=O) groups is 2. The third-order valence-corrected chi connectivity index (χ3v) is 5.97. The summed E-state index contributed by atoms with van der Waals surface area (Å²) in [6, 6.07) is 7.74. The largest absolute Gasteiger partial charge is 0.339 e. The Hall–Kier alpha value is -1.88. The number of fused-ring (bicyclic) bond motifs is 1. The van der Waals surface area contributed by atoms with Crippen LogP contribution in [0.3, 0.4) is 0 Å². The van der Waals surface area contributed by atoms with Gasteiger partial charge in [-0.15, -0.1) is 0 Å². The predicted molar refractivity (Wildman–Crippen MR) is 97.5 cm³/mol. The van der Waals surface area contributed by atoms with Crippen molar-refractivity contribution in [3.8, 4) is 0 Å². The van der Waals surface area contributed by atoms with Crippen molar-refractivity contribution >= 4 is 17.5 Å². The third-order valence-electron chi connectivity index (χ3n) is 5.97. The number of nitrogens with zero attached hydrogens (tertiary/aromatic N) is 1. The molecule has 1 saturated carbocycles. The smallest absolute Gasteiger partial charge is 0.253 e. The first-order valence-electron chi connectivity index (χ1n) is 9.67. The number of hydrogen-bond acceptors (Lipinski definition) is 3. The molecule has 2 heterocycles. The lowest BCUT2D eigenvalue weighted by Gasteiger charge is -2.24. The SMILES string of the molecule is O=C(Nc1ccc(C(=O)N2CCCC2)cc1)C1CC2CCCCC2N1. The highest BCUT2D eigenvalue weighted by molar-refractivity contribution is 5.97. The topological polar surface area (TPSA) is 61.4 Å². The van der Waals surface area contributed by atoms with E-state index in [1.165, 1.54) is 25.7 Å². The molecule has 0 bridgehead atoms. The minimum atomic E-state index is -0.0843. The van der Waals surface area contributed by atoms with Gasteiger partial charge in [0.15, 0.2) is 0 Å². The Morgan fingerprint density at radius 1 is 1.00 bits per heavy atom. The molecule has 3 atom stereocenters.